The normalized spacial score (nSPS) is 17.5. The molecule has 0 radical (unpaired) electrons. The van der Waals surface area contributed by atoms with Crippen molar-refractivity contribution in [1.29, 1.82) is 0 Å². The molecular weight excluding hydrogens is 440 g/mol. The van der Waals surface area contributed by atoms with Gasteiger partial charge in [0.15, 0.2) is 0 Å². The maximum absolute atomic E-state index is 13.4. The number of nitrogens with one attached hydrogen (secondary N) is 1. The van der Waals surface area contributed by atoms with Crippen molar-refractivity contribution in [1.82, 2.24) is 15.1 Å². The third-order valence-electron chi connectivity index (χ3n) is 7.10. The van der Waals surface area contributed by atoms with E-state index in [4.69, 9.17) is 0 Å². The van der Waals surface area contributed by atoms with E-state index < -0.39 is 0 Å². The Balaban J connectivity index is 1.38. The van der Waals surface area contributed by atoms with Gasteiger partial charge < -0.3 is 20.0 Å². The van der Waals surface area contributed by atoms with Crippen LogP contribution in [-0.2, 0) is 17.8 Å². The van der Waals surface area contributed by atoms with E-state index >= 15 is 0 Å². The minimum Gasteiger partial charge on any atom is -0.352 e. The van der Waals surface area contributed by atoms with Crippen LogP contribution in [0.2, 0.25) is 0 Å². The summed E-state index contributed by atoms with van der Waals surface area (Å²) in [4.78, 5) is 43.6. The highest BCUT2D eigenvalue weighted by molar-refractivity contribution is 6.06. The van der Waals surface area contributed by atoms with Crippen molar-refractivity contribution in [2.24, 2.45) is 0 Å². The largest absolute Gasteiger partial charge is 0.352 e. The van der Waals surface area contributed by atoms with Crippen molar-refractivity contribution in [2.45, 2.75) is 58.0 Å². The van der Waals surface area contributed by atoms with Gasteiger partial charge in [-0.2, -0.15) is 0 Å². The molecule has 7 heteroatoms. The number of nitrogens with zero attached hydrogens (tertiary/aromatic N) is 3. The van der Waals surface area contributed by atoms with E-state index in [-0.39, 0.29) is 23.9 Å². The Kier molecular flexibility index (Phi) is 7.73. The fraction of sp³-hybridized carbons (Fsp3) is 0.464. The summed E-state index contributed by atoms with van der Waals surface area (Å²) >= 11 is 0. The predicted octanol–water partition coefficient (Wildman–Crippen LogP) is 4.13. The Bertz CT molecular complexity index is 1100. The summed E-state index contributed by atoms with van der Waals surface area (Å²) in [5.41, 5.74) is 4.86. The monoisotopic (exact) mass is 476 g/mol. The van der Waals surface area contributed by atoms with Gasteiger partial charge in [-0.25, -0.2) is 4.79 Å². The van der Waals surface area contributed by atoms with Gasteiger partial charge in [-0.3, -0.25) is 9.59 Å². The number of benzene rings is 2. The smallest absolute Gasteiger partial charge is 0.319 e. The van der Waals surface area contributed by atoms with E-state index in [1.54, 1.807) is 23.9 Å². The number of carbonyl (C=O) groups excluding carboxylic acids is 3. The first-order valence-corrected chi connectivity index (χ1v) is 12.6. The molecule has 1 N–H and O–H groups in total. The average Bonchev–Trinajstić information content (AvgIpc) is 3.19. The van der Waals surface area contributed by atoms with E-state index in [0.29, 0.717) is 25.1 Å². The number of fused-ring (bicyclic) bond motifs is 1. The molecule has 1 atom stereocenters. The second kappa shape index (κ2) is 10.9. The lowest BCUT2D eigenvalue weighted by Gasteiger charge is -2.27. The van der Waals surface area contributed by atoms with Crippen LogP contribution in [0.25, 0.3) is 0 Å². The summed E-state index contributed by atoms with van der Waals surface area (Å²) in [6.07, 6.45) is 5.15. The number of urea groups is 1. The standard InChI is InChI=1S/C28H36N4O3/c1-20-17-22(27(34)32-15-7-6-10-21-9-4-5-12-25(21)32)13-14-23(20)19-29-26(33)18-24-11-8-16-31(24)28(35)30(2)3/h4-5,9,12-14,17,24H,6-8,10-11,15-16,18-19H2,1-3H3,(H,29,33)/t24-/m0/s1. The molecule has 0 unspecified atom stereocenters. The predicted molar refractivity (Wildman–Crippen MR) is 138 cm³/mol. The summed E-state index contributed by atoms with van der Waals surface area (Å²) < 4.78 is 0. The van der Waals surface area contributed by atoms with Crippen LogP contribution in [0.5, 0.6) is 0 Å². The molecule has 1 saturated heterocycles. The molecule has 0 spiro atoms. The van der Waals surface area contributed by atoms with Gasteiger partial charge >= 0.3 is 6.03 Å². The highest BCUT2D eigenvalue weighted by Crippen LogP contribution is 2.28. The Morgan fingerprint density at radius 1 is 1.03 bits per heavy atom. The molecule has 0 aromatic heterocycles. The molecule has 2 heterocycles. The van der Waals surface area contributed by atoms with Crippen molar-refractivity contribution in [2.75, 3.05) is 32.1 Å². The first kappa shape index (κ1) is 24.8. The maximum atomic E-state index is 13.4. The molecule has 2 aliphatic rings. The quantitative estimate of drug-likeness (QED) is 0.705. The van der Waals surface area contributed by atoms with E-state index in [9.17, 15) is 14.4 Å². The van der Waals surface area contributed by atoms with Crippen LogP contribution in [0.3, 0.4) is 0 Å². The second-order valence-corrected chi connectivity index (χ2v) is 9.83. The fourth-order valence-corrected chi connectivity index (χ4v) is 5.12. The molecule has 35 heavy (non-hydrogen) atoms. The number of amides is 4. The molecule has 7 nitrogen and oxygen atoms in total. The summed E-state index contributed by atoms with van der Waals surface area (Å²) in [7, 11) is 3.47. The van der Waals surface area contributed by atoms with Crippen molar-refractivity contribution >= 4 is 23.5 Å². The van der Waals surface area contributed by atoms with Gasteiger partial charge in [0.25, 0.3) is 5.91 Å². The maximum Gasteiger partial charge on any atom is 0.319 e. The van der Waals surface area contributed by atoms with Crippen molar-refractivity contribution in [3.05, 3.63) is 64.7 Å². The Labute approximate surface area is 208 Å². The number of likely N-dealkylation sites (tertiary alicyclic amines) is 1. The summed E-state index contributed by atoms with van der Waals surface area (Å²) in [6.45, 7) is 3.80. The van der Waals surface area contributed by atoms with Crippen LogP contribution >= 0.6 is 0 Å². The number of hydrogen-bond acceptors (Lipinski definition) is 3. The van der Waals surface area contributed by atoms with Crippen molar-refractivity contribution in [3.8, 4) is 0 Å². The van der Waals surface area contributed by atoms with Gasteiger partial charge in [-0.1, -0.05) is 24.3 Å². The minimum atomic E-state index is -0.0609. The van der Waals surface area contributed by atoms with E-state index in [2.05, 4.69) is 11.4 Å². The number of carbonyl (C=O) groups is 3. The lowest BCUT2D eigenvalue weighted by Crippen LogP contribution is -2.44. The molecular formula is C28H36N4O3. The highest BCUT2D eigenvalue weighted by atomic mass is 16.2. The molecule has 1 fully saturated rings. The Morgan fingerprint density at radius 2 is 1.83 bits per heavy atom. The Hall–Kier alpha value is -3.35. The van der Waals surface area contributed by atoms with Gasteiger partial charge in [0.1, 0.15) is 0 Å². The van der Waals surface area contributed by atoms with Crippen LogP contribution in [0.1, 0.15) is 59.2 Å². The van der Waals surface area contributed by atoms with E-state index in [0.717, 1.165) is 55.5 Å². The zero-order valence-corrected chi connectivity index (χ0v) is 21.0. The van der Waals surface area contributed by atoms with Crippen molar-refractivity contribution in [3.63, 3.8) is 0 Å². The van der Waals surface area contributed by atoms with Crippen LogP contribution in [0.15, 0.2) is 42.5 Å². The minimum absolute atomic E-state index is 0.0184. The molecule has 0 aliphatic carbocycles. The molecule has 0 bridgehead atoms. The zero-order chi connectivity index (χ0) is 24.9. The second-order valence-electron chi connectivity index (χ2n) is 9.83. The molecule has 0 saturated carbocycles. The van der Waals surface area contributed by atoms with E-state index in [1.165, 1.54) is 5.56 Å². The molecule has 4 amide bonds. The summed E-state index contributed by atoms with van der Waals surface area (Å²) in [5.74, 6) is -0.0425. The van der Waals surface area contributed by atoms with Gasteiger partial charge in [0, 0.05) is 57.4 Å². The van der Waals surface area contributed by atoms with Crippen LogP contribution < -0.4 is 10.2 Å². The molecule has 2 aliphatic heterocycles. The van der Waals surface area contributed by atoms with Gasteiger partial charge in [-0.15, -0.1) is 0 Å². The fourth-order valence-electron chi connectivity index (χ4n) is 5.12. The number of aryl methyl sites for hydroxylation is 2. The number of para-hydroxylation sites is 1. The Morgan fingerprint density at radius 3 is 2.60 bits per heavy atom. The average molecular weight is 477 g/mol. The number of hydrogen-bond donors (Lipinski definition) is 1. The SMILES string of the molecule is Cc1cc(C(=O)N2CCCCc3ccccc32)ccc1CNC(=O)C[C@@H]1CCCN1C(=O)N(C)C. The molecule has 2 aromatic rings. The van der Waals surface area contributed by atoms with Gasteiger partial charge in [0.2, 0.25) is 5.91 Å². The van der Waals surface area contributed by atoms with Gasteiger partial charge in [0.05, 0.1) is 0 Å². The molecule has 186 valence electrons. The number of rotatable bonds is 5. The lowest BCUT2D eigenvalue weighted by atomic mass is 10.0. The highest BCUT2D eigenvalue weighted by Gasteiger charge is 2.31. The topological polar surface area (TPSA) is 73.0 Å². The van der Waals surface area contributed by atoms with Gasteiger partial charge in [-0.05, 0) is 73.9 Å². The molecule has 4 rings (SSSR count). The first-order chi connectivity index (χ1) is 16.8. The van der Waals surface area contributed by atoms with Crippen LogP contribution in [-0.4, -0.2) is 60.9 Å². The lowest BCUT2D eigenvalue weighted by molar-refractivity contribution is -0.122. The van der Waals surface area contributed by atoms with Crippen LogP contribution in [0.4, 0.5) is 10.5 Å². The first-order valence-electron chi connectivity index (χ1n) is 12.6. The number of anilines is 1. The molecule has 2 aromatic carbocycles. The zero-order valence-electron chi connectivity index (χ0n) is 21.0. The third-order valence-corrected chi connectivity index (χ3v) is 7.10. The van der Waals surface area contributed by atoms with E-state index in [1.807, 2.05) is 48.2 Å². The van der Waals surface area contributed by atoms with Crippen LogP contribution in [0, 0.1) is 6.92 Å². The summed E-state index contributed by atoms with van der Waals surface area (Å²) in [5, 5.41) is 3.00. The summed E-state index contributed by atoms with van der Waals surface area (Å²) in [6, 6.07) is 13.8. The van der Waals surface area contributed by atoms with Crippen molar-refractivity contribution < 1.29 is 14.4 Å². The third kappa shape index (κ3) is 5.66.